The van der Waals surface area contributed by atoms with E-state index in [4.69, 9.17) is 16.3 Å². The van der Waals surface area contributed by atoms with Crippen molar-refractivity contribution in [3.05, 3.63) is 23.8 Å². The lowest BCUT2D eigenvalue weighted by Gasteiger charge is -2.28. The van der Waals surface area contributed by atoms with Gasteiger partial charge in [0.05, 0.1) is 18.8 Å². The quantitative estimate of drug-likeness (QED) is 0.735. The third kappa shape index (κ3) is 1.73. The first-order chi connectivity index (χ1) is 7.76. The fourth-order valence-electron chi connectivity index (χ4n) is 1.61. The number of aliphatic hydroxyl groups is 1. The van der Waals surface area contributed by atoms with E-state index in [0.29, 0.717) is 11.4 Å². The second-order valence-corrected chi connectivity index (χ2v) is 3.43. The first-order valence-electron chi connectivity index (χ1n) is 4.86. The fraction of sp³-hybridized carbons (Fsp3) is 0.250. The van der Waals surface area contributed by atoms with Crippen molar-refractivity contribution in [1.29, 1.82) is 0 Å². The number of ether oxygens (including phenoxy) is 1. The van der Waals surface area contributed by atoms with Gasteiger partial charge in [-0.3, -0.25) is 9.69 Å². The maximum Gasteiger partial charge on any atom is 0.265 e. The standard InChI is InChI=1S/C12H11NO3/c1-2-5-13-10-4-3-9(7-14)6-11(10)16-8-12(13)15/h1,3-4,6,14H,5,7-8H2. The molecule has 0 bridgehead atoms. The third-order valence-electron chi connectivity index (χ3n) is 2.40. The number of hydrogen-bond acceptors (Lipinski definition) is 3. The van der Waals surface area contributed by atoms with Crippen LogP contribution in [-0.2, 0) is 11.4 Å². The van der Waals surface area contributed by atoms with Crippen LogP contribution in [0.1, 0.15) is 5.56 Å². The van der Waals surface area contributed by atoms with Gasteiger partial charge in [0.1, 0.15) is 5.75 Å². The third-order valence-corrected chi connectivity index (χ3v) is 2.40. The zero-order valence-electron chi connectivity index (χ0n) is 8.64. The van der Waals surface area contributed by atoms with Gasteiger partial charge < -0.3 is 9.84 Å². The molecule has 4 nitrogen and oxygen atoms in total. The second-order valence-electron chi connectivity index (χ2n) is 3.43. The van der Waals surface area contributed by atoms with Crippen LogP contribution in [0.2, 0.25) is 0 Å². The minimum absolute atomic E-state index is 0.0104. The molecule has 0 atom stereocenters. The van der Waals surface area contributed by atoms with Crippen molar-refractivity contribution in [2.75, 3.05) is 18.1 Å². The summed E-state index contributed by atoms with van der Waals surface area (Å²) in [6.45, 7) is 0.164. The van der Waals surface area contributed by atoms with Crippen LogP contribution in [-0.4, -0.2) is 24.2 Å². The molecule has 0 saturated carbocycles. The van der Waals surface area contributed by atoms with E-state index < -0.39 is 0 Å². The molecule has 1 heterocycles. The highest BCUT2D eigenvalue weighted by Gasteiger charge is 2.24. The van der Waals surface area contributed by atoms with Crippen LogP contribution >= 0.6 is 0 Å². The van der Waals surface area contributed by atoms with Gasteiger partial charge in [-0.1, -0.05) is 12.0 Å². The van der Waals surface area contributed by atoms with Crippen LogP contribution in [0, 0.1) is 12.3 Å². The number of carbonyl (C=O) groups excluding carboxylic acids is 1. The Morgan fingerprint density at radius 2 is 2.38 bits per heavy atom. The van der Waals surface area contributed by atoms with Gasteiger partial charge in [0, 0.05) is 0 Å². The fourth-order valence-corrected chi connectivity index (χ4v) is 1.61. The summed E-state index contributed by atoms with van der Waals surface area (Å²) >= 11 is 0. The number of amides is 1. The van der Waals surface area contributed by atoms with Crippen molar-refractivity contribution in [3.8, 4) is 18.1 Å². The molecule has 2 rings (SSSR count). The first-order valence-corrected chi connectivity index (χ1v) is 4.86. The van der Waals surface area contributed by atoms with E-state index in [1.165, 1.54) is 4.90 Å². The lowest BCUT2D eigenvalue weighted by atomic mass is 10.1. The van der Waals surface area contributed by atoms with E-state index in [1.807, 2.05) is 0 Å². The summed E-state index contributed by atoms with van der Waals surface area (Å²) in [6, 6.07) is 5.19. The summed E-state index contributed by atoms with van der Waals surface area (Å²) in [5, 5.41) is 8.99. The van der Waals surface area contributed by atoms with Gasteiger partial charge in [0.15, 0.2) is 6.61 Å². The average molecular weight is 217 g/mol. The lowest BCUT2D eigenvalue weighted by molar-refractivity contribution is -0.121. The van der Waals surface area contributed by atoms with Gasteiger partial charge in [-0.25, -0.2) is 0 Å². The second kappa shape index (κ2) is 4.25. The average Bonchev–Trinajstić information content (AvgIpc) is 2.32. The van der Waals surface area contributed by atoms with Crippen LogP contribution < -0.4 is 9.64 Å². The van der Waals surface area contributed by atoms with Gasteiger partial charge in [-0.2, -0.15) is 0 Å². The molecule has 0 saturated heterocycles. The Morgan fingerprint density at radius 3 is 3.06 bits per heavy atom. The van der Waals surface area contributed by atoms with Crippen LogP contribution in [0.3, 0.4) is 0 Å². The smallest absolute Gasteiger partial charge is 0.265 e. The van der Waals surface area contributed by atoms with Crippen molar-refractivity contribution < 1.29 is 14.6 Å². The Hall–Kier alpha value is -1.99. The van der Waals surface area contributed by atoms with E-state index in [9.17, 15) is 4.79 Å². The molecular weight excluding hydrogens is 206 g/mol. The maximum atomic E-state index is 11.6. The number of nitrogens with zero attached hydrogens (tertiary/aromatic N) is 1. The molecule has 1 amide bonds. The SMILES string of the molecule is C#CCN1C(=O)COc2cc(CO)ccc21. The Labute approximate surface area is 93.4 Å². The largest absolute Gasteiger partial charge is 0.482 e. The van der Waals surface area contributed by atoms with Crippen molar-refractivity contribution >= 4 is 11.6 Å². The normalized spacial score (nSPS) is 14.0. The molecule has 1 aliphatic heterocycles. The molecular formula is C12H11NO3. The number of terminal acetylenes is 1. The molecule has 0 radical (unpaired) electrons. The summed E-state index contributed by atoms with van der Waals surface area (Å²) in [5.41, 5.74) is 1.40. The molecule has 82 valence electrons. The highest BCUT2D eigenvalue weighted by atomic mass is 16.5. The van der Waals surface area contributed by atoms with Gasteiger partial charge >= 0.3 is 0 Å². The number of benzene rings is 1. The predicted molar refractivity (Wildman–Crippen MR) is 59.0 cm³/mol. The zero-order valence-corrected chi connectivity index (χ0v) is 8.64. The number of aliphatic hydroxyl groups excluding tert-OH is 1. The molecule has 0 unspecified atom stereocenters. The van der Waals surface area contributed by atoms with E-state index >= 15 is 0 Å². The minimum Gasteiger partial charge on any atom is -0.482 e. The Bertz CT molecular complexity index is 462. The number of rotatable bonds is 2. The number of carbonyl (C=O) groups is 1. The number of fused-ring (bicyclic) bond motifs is 1. The van der Waals surface area contributed by atoms with E-state index in [1.54, 1.807) is 18.2 Å². The molecule has 0 aliphatic carbocycles. The van der Waals surface area contributed by atoms with Gasteiger partial charge in [0.25, 0.3) is 5.91 Å². The van der Waals surface area contributed by atoms with Crippen molar-refractivity contribution in [2.24, 2.45) is 0 Å². The summed E-state index contributed by atoms with van der Waals surface area (Å²) in [7, 11) is 0. The number of anilines is 1. The minimum atomic E-state index is -0.151. The van der Waals surface area contributed by atoms with Gasteiger partial charge in [-0.15, -0.1) is 6.42 Å². The maximum absolute atomic E-state index is 11.6. The lowest BCUT2D eigenvalue weighted by Crippen LogP contribution is -2.39. The van der Waals surface area contributed by atoms with E-state index in [-0.39, 0.29) is 25.7 Å². The predicted octanol–water partition coefficient (Wildman–Crippen LogP) is 0.538. The molecule has 0 spiro atoms. The summed E-state index contributed by atoms with van der Waals surface area (Å²) in [6.07, 6.45) is 5.21. The zero-order chi connectivity index (χ0) is 11.5. The monoisotopic (exact) mass is 217 g/mol. The van der Waals surface area contributed by atoms with Gasteiger partial charge in [0.2, 0.25) is 0 Å². The summed E-state index contributed by atoms with van der Waals surface area (Å²) < 4.78 is 5.28. The molecule has 4 heteroatoms. The van der Waals surface area contributed by atoms with Crippen LogP contribution in [0.25, 0.3) is 0 Å². The van der Waals surface area contributed by atoms with Crippen molar-refractivity contribution in [1.82, 2.24) is 0 Å². The summed E-state index contributed by atoms with van der Waals surface area (Å²) in [5.74, 6) is 2.87. The first kappa shape index (κ1) is 10.5. The van der Waals surface area contributed by atoms with Crippen LogP contribution in [0.15, 0.2) is 18.2 Å². The van der Waals surface area contributed by atoms with Crippen molar-refractivity contribution in [2.45, 2.75) is 6.61 Å². The Balaban J connectivity index is 2.41. The molecule has 1 aromatic carbocycles. The highest BCUT2D eigenvalue weighted by Crippen LogP contribution is 2.32. The summed E-state index contributed by atoms with van der Waals surface area (Å²) in [4.78, 5) is 13.1. The van der Waals surface area contributed by atoms with Gasteiger partial charge in [-0.05, 0) is 17.7 Å². The Morgan fingerprint density at radius 1 is 1.56 bits per heavy atom. The van der Waals surface area contributed by atoms with E-state index in [0.717, 1.165) is 5.56 Å². The molecule has 16 heavy (non-hydrogen) atoms. The molecule has 0 fully saturated rings. The molecule has 1 aromatic rings. The molecule has 1 aliphatic rings. The molecule has 0 aromatic heterocycles. The van der Waals surface area contributed by atoms with Crippen LogP contribution in [0.4, 0.5) is 5.69 Å². The van der Waals surface area contributed by atoms with Crippen LogP contribution in [0.5, 0.6) is 5.75 Å². The van der Waals surface area contributed by atoms with E-state index in [2.05, 4.69) is 5.92 Å². The topological polar surface area (TPSA) is 49.8 Å². The Kier molecular flexibility index (Phi) is 2.80. The molecule has 1 N–H and O–H groups in total. The number of hydrogen-bond donors (Lipinski definition) is 1. The highest BCUT2D eigenvalue weighted by molar-refractivity contribution is 5.98. The van der Waals surface area contributed by atoms with Crippen molar-refractivity contribution in [3.63, 3.8) is 0 Å².